The number of carbonyl (C=O) groups is 1. The topological polar surface area (TPSA) is 107 Å². The molecule has 0 fully saturated rings. The molecule has 8 nitrogen and oxygen atoms in total. The molecule has 1 aromatic carbocycles. The lowest BCUT2D eigenvalue weighted by Crippen LogP contribution is -2.34. The van der Waals surface area contributed by atoms with Crippen molar-refractivity contribution in [2.24, 2.45) is 21.1 Å². The number of carbonyl (C=O) groups excluding carboxylic acids is 1. The van der Waals surface area contributed by atoms with Gasteiger partial charge in [0.05, 0.1) is 0 Å². The van der Waals surface area contributed by atoms with Crippen molar-refractivity contribution < 1.29 is 4.79 Å². The van der Waals surface area contributed by atoms with Gasteiger partial charge in [-0.25, -0.2) is 0 Å². The molecule has 0 saturated carbocycles. The minimum absolute atomic E-state index is 0.0553. The molecule has 8 heteroatoms. The van der Waals surface area contributed by atoms with Crippen LogP contribution in [0.25, 0.3) is 0 Å². The molecule has 1 unspecified atom stereocenters. The summed E-state index contributed by atoms with van der Waals surface area (Å²) in [5.41, 5.74) is 10.6. The Hall–Kier alpha value is -2.32. The molecule has 0 saturated heterocycles. The number of nitrogens with two attached hydrogens (primary N) is 1. The number of amidine groups is 1. The smallest absolute Gasteiger partial charge is 0.221 e. The Bertz CT molecular complexity index is 621. The first kappa shape index (κ1) is 20.0. The first-order chi connectivity index (χ1) is 12.6. The Balaban J connectivity index is 1.75. The molecule has 0 spiro atoms. The number of amides is 1. The first-order valence-electron chi connectivity index (χ1n) is 9.11. The van der Waals surface area contributed by atoms with Gasteiger partial charge < -0.3 is 16.0 Å². The molecule has 1 aliphatic heterocycles. The molecular weight excluding hydrogens is 330 g/mol. The van der Waals surface area contributed by atoms with Crippen molar-refractivity contribution in [3.8, 4) is 0 Å². The molecule has 0 bridgehead atoms. The molecule has 4 N–H and O–H groups in total. The predicted molar refractivity (Wildman–Crippen MR) is 103 cm³/mol. The van der Waals surface area contributed by atoms with Crippen LogP contribution in [0.2, 0.25) is 0 Å². The van der Waals surface area contributed by atoms with Gasteiger partial charge in [0.15, 0.2) is 12.0 Å². The number of benzene rings is 1. The fourth-order valence-electron chi connectivity index (χ4n) is 2.69. The molecule has 0 aliphatic carbocycles. The zero-order valence-corrected chi connectivity index (χ0v) is 15.6. The number of hydrazone groups is 1. The third-order valence-corrected chi connectivity index (χ3v) is 4.09. The molecule has 0 aromatic heterocycles. The summed E-state index contributed by atoms with van der Waals surface area (Å²) in [4.78, 5) is 14.3. The van der Waals surface area contributed by atoms with Crippen molar-refractivity contribution in [2.45, 2.75) is 39.4 Å². The fourth-order valence-corrected chi connectivity index (χ4v) is 2.69. The van der Waals surface area contributed by atoms with Gasteiger partial charge in [-0.15, -0.1) is 5.11 Å². The highest BCUT2D eigenvalue weighted by Crippen LogP contribution is 2.18. The number of nitrogens with one attached hydrogen (secondary N) is 2. The molecule has 0 radical (unpaired) electrons. The molecule has 1 aliphatic rings. The van der Waals surface area contributed by atoms with Crippen LogP contribution >= 0.6 is 0 Å². The van der Waals surface area contributed by atoms with Crippen LogP contribution in [0.15, 0.2) is 39.6 Å². The number of rotatable bonds is 10. The Morgan fingerprint density at radius 3 is 2.65 bits per heavy atom. The van der Waals surface area contributed by atoms with Gasteiger partial charge in [-0.05, 0) is 31.0 Å². The highest BCUT2D eigenvalue weighted by Gasteiger charge is 2.12. The lowest BCUT2D eigenvalue weighted by Gasteiger charge is -2.20. The largest absolute Gasteiger partial charge is 0.352 e. The molecule has 142 valence electrons. The normalized spacial score (nSPS) is 16.3. The summed E-state index contributed by atoms with van der Waals surface area (Å²) in [5.74, 6) is 0.671. The number of nitrogens with zero attached hydrogens (tertiary/aromatic N) is 4. The number of hydrogen-bond acceptors (Lipinski definition) is 7. The molecular formula is C18H29N7O. The van der Waals surface area contributed by atoms with Gasteiger partial charge in [-0.3, -0.25) is 10.2 Å². The summed E-state index contributed by atoms with van der Waals surface area (Å²) in [6, 6.07) is 7.91. The van der Waals surface area contributed by atoms with Gasteiger partial charge in [0, 0.05) is 32.6 Å². The second-order valence-electron chi connectivity index (χ2n) is 6.30. The van der Waals surface area contributed by atoms with Gasteiger partial charge in [0.2, 0.25) is 5.91 Å². The summed E-state index contributed by atoms with van der Waals surface area (Å²) < 4.78 is 0. The van der Waals surface area contributed by atoms with Gasteiger partial charge >= 0.3 is 0 Å². The molecule has 1 heterocycles. The van der Waals surface area contributed by atoms with Crippen molar-refractivity contribution in [3.05, 3.63) is 35.4 Å². The summed E-state index contributed by atoms with van der Waals surface area (Å²) in [6.07, 6.45) is 1.30. The van der Waals surface area contributed by atoms with E-state index in [1.807, 2.05) is 24.3 Å². The van der Waals surface area contributed by atoms with Gasteiger partial charge in [0.1, 0.15) is 0 Å². The SMILES string of the molecule is CCCN(CCN)CCC(=O)NCc1ccc(C2N=NC(C)=NN2)cc1. The molecule has 1 atom stereocenters. The number of hydrogen-bond donors (Lipinski definition) is 3. The van der Waals surface area contributed by atoms with Crippen LogP contribution in [0.1, 0.15) is 44.0 Å². The van der Waals surface area contributed by atoms with E-state index in [0.717, 1.165) is 37.2 Å². The Morgan fingerprint density at radius 2 is 2.04 bits per heavy atom. The lowest BCUT2D eigenvalue weighted by atomic mass is 10.1. The summed E-state index contributed by atoms with van der Waals surface area (Å²) in [6.45, 7) is 7.60. The maximum atomic E-state index is 12.1. The maximum absolute atomic E-state index is 12.1. The van der Waals surface area contributed by atoms with Gasteiger partial charge in [-0.2, -0.15) is 10.2 Å². The Labute approximate surface area is 154 Å². The van der Waals surface area contributed by atoms with Crippen molar-refractivity contribution in [1.29, 1.82) is 0 Å². The highest BCUT2D eigenvalue weighted by atomic mass is 16.1. The van der Waals surface area contributed by atoms with E-state index in [0.29, 0.717) is 25.3 Å². The third kappa shape index (κ3) is 6.53. The highest BCUT2D eigenvalue weighted by molar-refractivity contribution is 5.79. The lowest BCUT2D eigenvalue weighted by molar-refractivity contribution is -0.121. The second-order valence-corrected chi connectivity index (χ2v) is 6.30. The van der Waals surface area contributed by atoms with Crippen LogP contribution in [0.3, 0.4) is 0 Å². The van der Waals surface area contributed by atoms with E-state index in [-0.39, 0.29) is 12.1 Å². The summed E-state index contributed by atoms with van der Waals surface area (Å²) in [7, 11) is 0. The van der Waals surface area contributed by atoms with Gasteiger partial charge in [0.25, 0.3) is 0 Å². The van der Waals surface area contributed by atoms with Crippen LogP contribution in [-0.4, -0.2) is 42.8 Å². The van der Waals surface area contributed by atoms with E-state index < -0.39 is 0 Å². The van der Waals surface area contributed by atoms with Crippen molar-refractivity contribution in [2.75, 3.05) is 26.2 Å². The molecule has 2 rings (SSSR count). The maximum Gasteiger partial charge on any atom is 0.221 e. The van der Waals surface area contributed by atoms with Crippen LogP contribution < -0.4 is 16.5 Å². The van der Waals surface area contributed by atoms with E-state index >= 15 is 0 Å². The van der Waals surface area contributed by atoms with Crippen molar-refractivity contribution >= 4 is 11.7 Å². The van der Waals surface area contributed by atoms with E-state index in [9.17, 15) is 4.79 Å². The van der Waals surface area contributed by atoms with E-state index in [1.54, 1.807) is 6.92 Å². The first-order valence-corrected chi connectivity index (χ1v) is 9.11. The Morgan fingerprint density at radius 1 is 1.27 bits per heavy atom. The van der Waals surface area contributed by atoms with E-state index in [1.165, 1.54) is 0 Å². The minimum Gasteiger partial charge on any atom is -0.352 e. The molecule has 1 aromatic rings. The average Bonchev–Trinajstić information content (AvgIpc) is 2.66. The standard InChI is InChI=1S/C18H29N7O/c1-3-10-25(12-9-19)11-8-17(26)20-13-15-4-6-16(7-5-15)18-23-21-14(2)22-24-18/h4-7,18,23H,3,8-13,19H2,1-2H3,(H,20,26). The second kappa shape index (κ2) is 10.6. The quantitative estimate of drug-likeness (QED) is 0.591. The van der Waals surface area contributed by atoms with Crippen molar-refractivity contribution in [3.63, 3.8) is 0 Å². The fraction of sp³-hybridized carbons (Fsp3) is 0.556. The van der Waals surface area contributed by atoms with Crippen molar-refractivity contribution in [1.82, 2.24) is 15.6 Å². The average molecular weight is 359 g/mol. The summed E-state index contributed by atoms with van der Waals surface area (Å²) in [5, 5.41) is 15.2. The monoisotopic (exact) mass is 359 g/mol. The zero-order valence-electron chi connectivity index (χ0n) is 15.6. The van der Waals surface area contributed by atoms with E-state index in [4.69, 9.17) is 5.73 Å². The van der Waals surface area contributed by atoms with Crippen LogP contribution in [0, 0.1) is 0 Å². The molecule has 26 heavy (non-hydrogen) atoms. The molecule has 1 amide bonds. The van der Waals surface area contributed by atoms with Gasteiger partial charge in [-0.1, -0.05) is 31.2 Å². The van der Waals surface area contributed by atoms with Crippen LogP contribution in [-0.2, 0) is 11.3 Å². The third-order valence-electron chi connectivity index (χ3n) is 4.09. The Kier molecular flexibility index (Phi) is 8.17. The zero-order chi connectivity index (χ0) is 18.8. The minimum atomic E-state index is -0.255. The van der Waals surface area contributed by atoms with E-state index in [2.05, 4.69) is 37.9 Å². The predicted octanol–water partition coefficient (Wildman–Crippen LogP) is 1.75. The van der Waals surface area contributed by atoms with Crippen LogP contribution in [0.5, 0.6) is 0 Å². The van der Waals surface area contributed by atoms with Crippen LogP contribution in [0.4, 0.5) is 0 Å². The number of azo groups is 1. The summed E-state index contributed by atoms with van der Waals surface area (Å²) >= 11 is 0.